The summed E-state index contributed by atoms with van der Waals surface area (Å²) in [5.74, 6) is 0. The van der Waals surface area contributed by atoms with Gasteiger partial charge in [0.1, 0.15) is 5.15 Å². The standard InChI is InChI=1S/C16H27ClINS/c1-4-6-8-10-12-16(3,11-9-7-5-2)13-14(17)19-15(18)20-13/h4-12H2,1-3H3. The number of halogens is 2. The highest BCUT2D eigenvalue weighted by Gasteiger charge is 2.30. The molecule has 4 heteroatoms. The highest BCUT2D eigenvalue weighted by atomic mass is 127. The second-order valence-electron chi connectivity index (χ2n) is 5.92. The highest BCUT2D eigenvalue weighted by molar-refractivity contribution is 14.1. The maximum absolute atomic E-state index is 6.38. The fraction of sp³-hybridized carbons (Fsp3) is 0.812. The highest BCUT2D eigenvalue weighted by Crippen LogP contribution is 2.42. The molecule has 0 radical (unpaired) electrons. The summed E-state index contributed by atoms with van der Waals surface area (Å²) < 4.78 is 1.07. The zero-order chi connectivity index (χ0) is 15.0. The third-order valence-electron chi connectivity index (χ3n) is 4.02. The minimum atomic E-state index is 0.223. The van der Waals surface area contributed by atoms with E-state index >= 15 is 0 Å². The molecular formula is C16H27ClINS. The number of rotatable bonds is 10. The van der Waals surface area contributed by atoms with Crippen molar-refractivity contribution in [3.63, 3.8) is 0 Å². The lowest BCUT2D eigenvalue weighted by Crippen LogP contribution is -2.21. The van der Waals surface area contributed by atoms with E-state index in [1.54, 1.807) is 11.3 Å². The Bertz CT molecular complexity index is 394. The van der Waals surface area contributed by atoms with Gasteiger partial charge in [-0.2, -0.15) is 0 Å². The molecule has 0 aliphatic carbocycles. The second-order valence-corrected chi connectivity index (χ2v) is 9.03. The van der Waals surface area contributed by atoms with Crippen LogP contribution < -0.4 is 0 Å². The smallest absolute Gasteiger partial charge is 0.155 e. The molecule has 0 aliphatic heterocycles. The van der Waals surface area contributed by atoms with E-state index in [0.29, 0.717) is 0 Å². The molecule has 1 heterocycles. The first kappa shape index (κ1) is 18.7. The molecule has 0 N–H and O–H groups in total. The van der Waals surface area contributed by atoms with Gasteiger partial charge < -0.3 is 0 Å². The monoisotopic (exact) mass is 427 g/mol. The fourth-order valence-electron chi connectivity index (χ4n) is 2.71. The molecule has 0 aliphatic rings. The van der Waals surface area contributed by atoms with Gasteiger partial charge in [-0.05, 0) is 35.4 Å². The molecule has 20 heavy (non-hydrogen) atoms. The lowest BCUT2D eigenvalue weighted by molar-refractivity contribution is 0.371. The zero-order valence-corrected chi connectivity index (χ0v) is 16.7. The zero-order valence-electron chi connectivity index (χ0n) is 13.0. The molecule has 0 saturated heterocycles. The lowest BCUT2D eigenvalue weighted by Gasteiger charge is -2.29. The van der Waals surface area contributed by atoms with Crippen LogP contribution in [0.5, 0.6) is 0 Å². The summed E-state index contributed by atoms with van der Waals surface area (Å²) in [7, 11) is 0. The van der Waals surface area contributed by atoms with E-state index in [-0.39, 0.29) is 5.41 Å². The normalized spacial score (nSPS) is 14.4. The summed E-state index contributed by atoms with van der Waals surface area (Å²) in [6, 6.07) is 0. The molecule has 1 rings (SSSR count). The molecule has 1 aromatic rings. The maximum Gasteiger partial charge on any atom is 0.155 e. The molecule has 0 spiro atoms. The van der Waals surface area contributed by atoms with Crippen molar-refractivity contribution in [2.24, 2.45) is 0 Å². The third kappa shape index (κ3) is 5.80. The molecule has 0 saturated carbocycles. The Morgan fingerprint density at radius 1 is 1.05 bits per heavy atom. The van der Waals surface area contributed by atoms with Crippen molar-refractivity contribution in [2.75, 3.05) is 0 Å². The predicted octanol–water partition coefficient (Wildman–Crippen LogP) is 7.21. The van der Waals surface area contributed by atoms with E-state index in [4.69, 9.17) is 11.6 Å². The van der Waals surface area contributed by atoms with E-state index in [1.807, 2.05) is 0 Å². The molecule has 0 bridgehead atoms. The number of aromatic nitrogens is 1. The van der Waals surface area contributed by atoms with Gasteiger partial charge in [-0.15, -0.1) is 11.3 Å². The van der Waals surface area contributed by atoms with Crippen LogP contribution in [0.3, 0.4) is 0 Å². The lowest BCUT2D eigenvalue weighted by atomic mass is 9.79. The van der Waals surface area contributed by atoms with Gasteiger partial charge >= 0.3 is 0 Å². The van der Waals surface area contributed by atoms with E-state index in [1.165, 1.54) is 62.7 Å². The molecule has 116 valence electrons. The van der Waals surface area contributed by atoms with E-state index in [9.17, 15) is 0 Å². The van der Waals surface area contributed by atoms with E-state index < -0.39 is 0 Å². The van der Waals surface area contributed by atoms with Gasteiger partial charge in [0.25, 0.3) is 0 Å². The van der Waals surface area contributed by atoms with Crippen LogP contribution in [0, 0.1) is 3.01 Å². The largest absolute Gasteiger partial charge is 0.218 e. The second kappa shape index (κ2) is 9.62. The summed E-state index contributed by atoms with van der Waals surface area (Å²) in [6.07, 6.45) is 11.7. The SMILES string of the molecule is CCCCCCC(C)(CCCCC)c1sc(I)nc1Cl. The number of unbranched alkanes of at least 4 members (excludes halogenated alkanes) is 5. The predicted molar refractivity (Wildman–Crippen MR) is 100 cm³/mol. The quantitative estimate of drug-likeness (QED) is 0.284. The van der Waals surface area contributed by atoms with Crippen molar-refractivity contribution < 1.29 is 0 Å². The van der Waals surface area contributed by atoms with Crippen LogP contribution in [0.25, 0.3) is 0 Å². The van der Waals surface area contributed by atoms with Crippen molar-refractivity contribution in [3.05, 3.63) is 13.0 Å². The van der Waals surface area contributed by atoms with Gasteiger partial charge in [-0.25, -0.2) is 4.98 Å². The summed E-state index contributed by atoms with van der Waals surface area (Å²) in [5.41, 5.74) is 0.223. The maximum atomic E-state index is 6.38. The molecule has 0 aromatic carbocycles. The van der Waals surface area contributed by atoms with Gasteiger partial charge in [0.05, 0.1) is 4.88 Å². The van der Waals surface area contributed by atoms with Crippen LogP contribution in [0.4, 0.5) is 0 Å². The molecule has 0 amide bonds. The summed E-state index contributed by atoms with van der Waals surface area (Å²) >= 11 is 10.4. The van der Waals surface area contributed by atoms with Crippen molar-refractivity contribution >= 4 is 45.5 Å². The fourth-order valence-corrected chi connectivity index (χ4v) is 5.12. The molecule has 1 nitrogen and oxygen atoms in total. The molecule has 0 fully saturated rings. The number of thiazole rings is 1. The third-order valence-corrected chi connectivity index (χ3v) is 6.46. The molecule has 1 unspecified atom stereocenters. The topological polar surface area (TPSA) is 12.9 Å². The number of hydrogen-bond donors (Lipinski definition) is 0. The van der Waals surface area contributed by atoms with Crippen molar-refractivity contribution in [1.29, 1.82) is 0 Å². The van der Waals surface area contributed by atoms with Crippen LogP contribution in [0.1, 0.15) is 83.4 Å². The average Bonchev–Trinajstić information content (AvgIpc) is 2.75. The van der Waals surface area contributed by atoms with Gasteiger partial charge in [0.2, 0.25) is 0 Å². The minimum Gasteiger partial charge on any atom is -0.218 e. The van der Waals surface area contributed by atoms with Gasteiger partial charge in [0, 0.05) is 5.41 Å². The first-order chi connectivity index (χ1) is 9.53. The molecule has 1 aromatic heterocycles. The van der Waals surface area contributed by atoms with Gasteiger partial charge in [-0.3, -0.25) is 0 Å². The first-order valence-corrected chi connectivity index (χ1v) is 10.1. The Morgan fingerprint density at radius 2 is 1.60 bits per heavy atom. The Balaban J connectivity index is 2.74. The van der Waals surface area contributed by atoms with E-state index in [2.05, 4.69) is 48.3 Å². The van der Waals surface area contributed by atoms with Crippen molar-refractivity contribution in [2.45, 2.75) is 84.0 Å². The van der Waals surface area contributed by atoms with Crippen LogP contribution in [-0.2, 0) is 5.41 Å². The van der Waals surface area contributed by atoms with Crippen LogP contribution in [-0.4, -0.2) is 4.98 Å². The van der Waals surface area contributed by atoms with Crippen LogP contribution >= 0.6 is 45.5 Å². The van der Waals surface area contributed by atoms with Gasteiger partial charge in [0.15, 0.2) is 3.01 Å². The first-order valence-electron chi connectivity index (χ1n) is 7.85. The summed E-state index contributed by atoms with van der Waals surface area (Å²) in [6.45, 7) is 6.92. The Hall–Kier alpha value is 0.650. The Kier molecular flexibility index (Phi) is 9.00. The number of hydrogen-bond acceptors (Lipinski definition) is 2. The Morgan fingerprint density at radius 3 is 2.10 bits per heavy atom. The van der Waals surface area contributed by atoms with E-state index in [0.717, 1.165) is 8.17 Å². The molecular weight excluding hydrogens is 401 g/mol. The van der Waals surface area contributed by atoms with Crippen molar-refractivity contribution in [3.8, 4) is 0 Å². The van der Waals surface area contributed by atoms with Crippen molar-refractivity contribution in [1.82, 2.24) is 4.98 Å². The average molecular weight is 428 g/mol. The minimum absolute atomic E-state index is 0.223. The summed E-state index contributed by atoms with van der Waals surface area (Å²) in [5, 5.41) is 0.744. The van der Waals surface area contributed by atoms with Crippen LogP contribution in [0.15, 0.2) is 0 Å². The summed E-state index contributed by atoms with van der Waals surface area (Å²) in [4.78, 5) is 5.74. The molecule has 1 atom stereocenters. The Labute approximate surface area is 147 Å². The van der Waals surface area contributed by atoms with Gasteiger partial charge in [-0.1, -0.05) is 77.3 Å². The van der Waals surface area contributed by atoms with Crippen LogP contribution in [0.2, 0.25) is 5.15 Å². The number of nitrogens with zero attached hydrogens (tertiary/aromatic N) is 1.